The first-order valence-corrected chi connectivity index (χ1v) is 14.9. The van der Waals surface area contributed by atoms with Gasteiger partial charge in [0, 0.05) is 45.0 Å². The van der Waals surface area contributed by atoms with Gasteiger partial charge >= 0.3 is 6.09 Å². The number of piperidine rings is 1. The average Bonchev–Trinajstić information content (AvgIpc) is 3.15. The molecule has 1 aliphatic carbocycles. The predicted molar refractivity (Wildman–Crippen MR) is 164 cm³/mol. The van der Waals surface area contributed by atoms with Crippen LogP contribution < -0.4 is 10.2 Å². The van der Waals surface area contributed by atoms with E-state index < -0.39 is 0 Å². The molecule has 2 saturated heterocycles. The van der Waals surface area contributed by atoms with Crippen molar-refractivity contribution < 1.29 is 9.53 Å². The van der Waals surface area contributed by atoms with Crippen molar-refractivity contribution in [2.45, 2.75) is 38.3 Å². The number of ether oxygens (including phenoxy) is 1. The van der Waals surface area contributed by atoms with Crippen LogP contribution in [0.2, 0.25) is 0 Å². The van der Waals surface area contributed by atoms with E-state index >= 15 is 0 Å². The van der Waals surface area contributed by atoms with E-state index in [0.717, 1.165) is 62.8 Å². The van der Waals surface area contributed by atoms with Crippen LogP contribution in [0.15, 0.2) is 78.9 Å². The number of nitrogens with one attached hydrogen (secondary N) is 1. The highest BCUT2D eigenvalue weighted by Crippen LogP contribution is 2.53. The molecule has 1 N–H and O–H groups in total. The standard InChI is InChI=1S/C33H38N4O2S/c1-24-28-15-17-37(33(38)39-23-26-10-6-3-7-11-26)31(24)30-22-27(12-13-29(28)30)35-18-20-36(21-19-35)32(40)34-16-14-25-8-4-2-5-9-25/h2-13,22,24,28,31H,14-21,23H2,1H3,(H,34,40)/t24-,28?,31?/m0/s1. The molecule has 3 aromatic carbocycles. The van der Waals surface area contributed by atoms with Crippen LogP contribution >= 0.6 is 12.2 Å². The number of rotatable bonds is 6. The predicted octanol–water partition coefficient (Wildman–Crippen LogP) is 5.74. The quantitative estimate of drug-likeness (QED) is 0.392. The Balaban J connectivity index is 1.07. The number of benzene rings is 3. The second-order valence-electron chi connectivity index (χ2n) is 11.2. The van der Waals surface area contributed by atoms with Crippen molar-refractivity contribution in [2.24, 2.45) is 5.92 Å². The van der Waals surface area contributed by atoms with Gasteiger partial charge in [0.25, 0.3) is 0 Å². The van der Waals surface area contributed by atoms with Gasteiger partial charge in [0.15, 0.2) is 5.11 Å². The number of carbonyl (C=O) groups excluding carboxylic acids is 1. The minimum absolute atomic E-state index is 0.0691. The van der Waals surface area contributed by atoms with Crippen molar-refractivity contribution in [3.05, 3.63) is 101 Å². The first-order valence-electron chi connectivity index (χ1n) is 14.5. The van der Waals surface area contributed by atoms with Gasteiger partial charge in [-0.1, -0.05) is 73.7 Å². The van der Waals surface area contributed by atoms with Crippen molar-refractivity contribution in [1.29, 1.82) is 0 Å². The van der Waals surface area contributed by atoms with Crippen LogP contribution in [0.1, 0.15) is 47.6 Å². The lowest BCUT2D eigenvalue weighted by molar-refractivity contribution is 0.0531. The number of fused-ring (bicyclic) bond motifs is 5. The van der Waals surface area contributed by atoms with Crippen molar-refractivity contribution >= 4 is 29.1 Å². The molecule has 1 amide bonds. The van der Waals surface area contributed by atoms with E-state index in [-0.39, 0.29) is 12.1 Å². The molecule has 208 valence electrons. The molecule has 2 unspecified atom stereocenters. The second kappa shape index (κ2) is 11.9. The van der Waals surface area contributed by atoms with Crippen LogP contribution in [-0.2, 0) is 17.8 Å². The van der Waals surface area contributed by atoms with Gasteiger partial charge in [-0.3, -0.25) is 0 Å². The summed E-state index contributed by atoms with van der Waals surface area (Å²) in [6.45, 7) is 7.82. The third-order valence-corrected chi connectivity index (χ3v) is 9.24. The number of piperazine rings is 1. The molecule has 6 rings (SSSR count). The maximum atomic E-state index is 13.2. The highest BCUT2D eigenvalue weighted by molar-refractivity contribution is 7.80. The van der Waals surface area contributed by atoms with Gasteiger partial charge in [-0.15, -0.1) is 0 Å². The third kappa shape index (κ3) is 5.52. The van der Waals surface area contributed by atoms with Crippen molar-refractivity contribution in [3.8, 4) is 0 Å². The summed E-state index contributed by atoms with van der Waals surface area (Å²) >= 11 is 5.71. The summed E-state index contributed by atoms with van der Waals surface area (Å²) in [7, 11) is 0. The molecule has 2 bridgehead atoms. The van der Waals surface area contributed by atoms with E-state index in [4.69, 9.17) is 17.0 Å². The fourth-order valence-corrected chi connectivity index (χ4v) is 6.96. The topological polar surface area (TPSA) is 48.1 Å². The smallest absolute Gasteiger partial charge is 0.410 e. The summed E-state index contributed by atoms with van der Waals surface area (Å²) in [5.41, 5.74) is 6.27. The highest BCUT2D eigenvalue weighted by Gasteiger charge is 2.47. The highest BCUT2D eigenvalue weighted by atomic mass is 32.1. The number of nitrogens with zero attached hydrogens (tertiary/aromatic N) is 3. The van der Waals surface area contributed by atoms with E-state index in [2.05, 4.69) is 64.5 Å². The van der Waals surface area contributed by atoms with Crippen LogP contribution in [-0.4, -0.2) is 60.3 Å². The zero-order valence-electron chi connectivity index (χ0n) is 23.2. The van der Waals surface area contributed by atoms with Gasteiger partial charge < -0.3 is 24.8 Å². The Morgan fingerprint density at radius 1 is 0.900 bits per heavy atom. The SMILES string of the molecule is C[C@H]1C2CCN(C(=O)OCc3ccccc3)C1c1cc(N3CCN(C(=S)NCCc4ccccc4)CC3)ccc12. The Bertz CT molecular complexity index is 1330. The molecule has 3 aromatic rings. The fourth-order valence-electron chi connectivity index (χ4n) is 6.67. The number of amides is 1. The number of hydrogen-bond donors (Lipinski definition) is 1. The third-order valence-electron chi connectivity index (χ3n) is 8.84. The Labute approximate surface area is 242 Å². The summed E-state index contributed by atoms with van der Waals surface area (Å²) in [5, 5.41) is 4.29. The zero-order valence-corrected chi connectivity index (χ0v) is 24.0. The van der Waals surface area contributed by atoms with E-state index in [1.54, 1.807) is 0 Å². The number of carbonyl (C=O) groups is 1. The van der Waals surface area contributed by atoms with Crippen LogP contribution in [0.3, 0.4) is 0 Å². The van der Waals surface area contributed by atoms with Crippen molar-refractivity contribution in [1.82, 2.24) is 15.1 Å². The first kappa shape index (κ1) is 26.6. The molecule has 2 fully saturated rings. The van der Waals surface area contributed by atoms with Gasteiger partial charge in [-0.25, -0.2) is 4.79 Å². The summed E-state index contributed by atoms with van der Waals surface area (Å²) in [5.74, 6) is 0.892. The molecule has 40 heavy (non-hydrogen) atoms. The van der Waals surface area contributed by atoms with E-state index in [9.17, 15) is 4.79 Å². The van der Waals surface area contributed by atoms with E-state index in [0.29, 0.717) is 18.4 Å². The van der Waals surface area contributed by atoms with Crippen LogP contribution in [0.4, 0.5) is 10.5 Å². The molecule has 6 nitrogen and oxygen atoms in total. The van der Waals surface area contributed by atoms with Gasteiger partial charge in [-0.2, -0.15) is 0 Å². The summed E-state index contributed by atoms with van der Waals surface area (Å²) < 4.78 is 5.77. The lowest BCUT2D eigenvalue weighted by Gasteiger charge is -2.38. The molecule has 0 saturated carbocycles. The molecule has 3 aliphatic rings. The summed E-state index contributed by atoms with van der Waals surface area (Å²) in [6, 6.07) is 27.4. The average molecular weight is 555 g/mol. The largest absolute Gasteiger partial charge is 0.445 e. The molecule has 0 radical (unpaired) electrons. The Morgan fingerprint density at radius 2 is 1.60 bits per heavy atom. The number of hydrogen-bond acceptors (Lipinski definition) is 4. The van der Waals surface area contributed by atoms with Crippen molar-refractivity contribution in [3.63, 3.8) is 0 Å². The minimum Gasteiger partial charge on any atom is -0.445 e. The molecule has 2 heterocycles. The lowest BCUT2D eigenvalue weighted by atomic mass is 9.86. The molecule has 3 atom stereocenters. The lowest BCUT2D eigenvalue weighted by Crippen LogP contribution is -2.52. The Morgan fingerprint density at radius 3 is 2.33 bits per heavy atom. The Kier molecular flexibility index (Phi) is 7.91. The zero-order chi connectivity index (χ0) is 27.5. The van der Waals surface area contributed by atoms with Crippen LogP contribution in [0.5, 0.6) is 0 Å². The maximum absolute atomic E-state index is 13.2. The number of anilines is 1. The number of thiocarbonyl (C=S) groups is 1. The van der Waals surface area contributed by atoms with E-state index in [1.165, 1.54) is 22.4 Å². The summed E-state index contributed by atoms with van der Waals surface area (Å²) in [4.78, 5) is 19.9. The fraction of sp³-hybridized carbons (Fsp3) is 0.394. The monoisotopic (exact) mass is 554 g/mol. The van der Waals surface area contributed by atoms with Crippen LogP contribution in [0.25, 0.3) is 0 Å². The van der Waals surface area contributed by atoms with Gasteiger partial charge in [0.05, 0.1) is 6.04 Å². The normalized spacial score (nSPS) is 21.6. The maximum Gasteiger partial charge on any atom is 0.410 e. The molecular formula is C33H38N4O2S. The van der Waals surface area contributed by atoms with Gasteiger partial charge in [0.2, 0.25) is 0 Å². The molecular weight excluding hydrogens is 516 g/mol. The molecule has 2 aliphatic heterocycles. The minimum atomic E-state index is -0.209. The molecule has 0 aromatic heterocycles. The van der Waals surface area contributed by atoms with E-state index in [1.807, 2.05) is 41.3 Å². The second-order valence-corrected chi connectivity index (χ2v) is 11.6. The Hall–Kier alpha value is -3.58. The molecule has 7 heteroatoms. The van der Waals surface area contributed by atoms with Crippen LogP contribution in [0, 0.1) is 5.92 Å². The van der Waals surface area contributed by atoms with Crippen molar-refractivity contribution in [2.75, 3.05) is 44.2 Å². The number of likely N-dealkylation sites (tertiary alicyclic amines) is 1. The first-order chi connectivity index (χ1) is 19.6. The van der Waals surface area contributed by atoms with Gasteiger partial charge in [0.1, 0.15) is 6.61 Å². The van der Waals surface area contributed by atoms with Gasteiger partial charge in [-0.05, 0) is 71.3 Å². The summed E-state index contributed by atoms with van der Waals surface area (Å²) in [6.07, 6.45) is 1.74. The molecule has 0 spiro atoms.